The molecule has 1 aromatic heterocycles. The summed E-state index contributed by atoms with van der Waals surface area (Å²) in [6.45, 7) is 4.06. The molecule has 2 N–H and O–H groups in total. The molecule has 0 aliphatic rings. The summed E-state index contributed by atoms with van der Waals surface area (Å²) < 4.78 is 5.75. The number of aromatic nitrogens is 1. The third-order valence-electron chi connectivity index (χ3n) is 3.46. The summed E-state index contributed by atoms with van der Waals surface area (Å²) >= 11 is 5.78. The van der Waals surface area contributed by atoms with Crippen LogP contribution in [0.3, 0.4) is 0 Å². The second kappa shape index (κ2) is 9.78. The number of rotatable bonds is 7. The number of halogens is 1. The van der Waals surface area contributed by atoms with Crippen molar-refractivity contribution in [2.24, 2.45) is 4.99 Å². The van der Waals surface area contributed by atoms with Crippen molar-refractivity contribution < 1.29 is 4.74 Å². The van der Waals surface area contributed by atoms with E-state index in [0.29, 0.717) is 18.3 Å². The van der Waals surface area contributed by atoms with Gasteiger partial charge in [0.1, 0.15) is 17.5 Å². The van der Waals surface area contributed by atoms with Crippen molar-refractivity contribution in [1.82, 2.24) is 15.6 Å². The summed E-state index contributed by atoms with van der Waals surface area (Å²) in [5.41, 5.74) is 2.27. The highest BCUT2D eigenvalue weighted by molar-refractivity contribution is 6.29. The van der Waals surface area contributed by atoms with Crippen molar-refractivity contribution in [3.05, 3.63) is 58.9 Å². The number of nitrogens with zero attached hydrogens (tertiary/aromatic N) is 2. The largest absolute Gasteiger partial charge is 0.491 e. The predicted octanol–water partition coefficient (Wildman–Crippen LogP) is 2.83. The Morgan fingerprint density at radius 2 is 1.96 bits per heavy atom. The SMILES string of the molecule is CN=C(NCCOc1ccccc1C)NCCc1ccc(Cl)nc1. The van der Waals surface area contributed by atoms with E-state index in [2.05, 4.69) is 20.6 Å². The third-order valence-corrected chi connectivity index (χ3v) is 3.69. The van der Waals surface area contributed by atoms with Crippen LogP contribution in [-0.2, 0) is 6.42 Å². The number of hydrogen-bond donors (Lipinski definition) is 2. The maximum atomic E-state index is 5.78. The number of hydrogen-bond acceptors (Lipinski definition) is 3. The first-order valence-electron chi connectivity index (χ1n) is 7.92. The summed E-state index contributed by atoms with van der Waals surface area (Å²) in [7, 11) is 1.75. The molecule has 2 aromatic rings. The second-order valence-electron chi connectivity index (χ2n) is 5.28. The molecule has 0 aliphatic carbocycles. The fourth-order valence-electron chi connectivity index (χ4n) is 2.15. The standard InChI is InChI=1S/C18H23ClN4O/c1-14-5-3-4-6-16(14)24-12-11-22-18(20-2)21-10-9-15-7-8-17(19)23-13-15/h3-8,13H,9-12H2,1-2H3,(H2,20,21,22). The molecule has 24 heavy (non-hydrogen) atoms. The maximum absolute atomic E-state index is 5.78. The Kier molecular flexibility index (Phi) is 7.36. The van der Waals surface area contributed by atoms with Crippen LogP contribution >= 0.6 is 11.6 Å². The van der Waals surface area contributed by atoms with Crippen molar-refractivity contribution in [3.8, 4) is 5.75 Å². The van der Waals surface area contributed by atoms with Gasteiger partial charge >= 0.3 is 0 Å². The number of ether oxygens (including phenoxy) is 1. The van der Waals surface area contributed by atoms with Gasteiger partial charge in [0.05, 0.1) is 6.54 Å². The number of benzene rings is 1. The zero-order chi connectivity index (χ0) is 17.2. The van der Waals surface area contributed by atoms with Gasteiger partial charge in [-0.05, 0) is 36.6 Å². The monoisotopic (exact) mass is 346 g/mol. The first-order chi connectivity index (χ1) is 11.7. The van der Waals surface area contributed by atoms with Gasteiger partial charge in [-0.2, -0.15) is 0 Å². The Bertz CT molecular complexity index is 658. The van der Waals surface area contributed by atoms with Crippen LogP contribution in [0.2, 0.25) is 5.15 Å². The first kappa shape index (κ1) is 18.1. The van der Waals surface area contributed by atoms with E-state index in [-0.39, 0.29) is 0 Å². The van der Waals surface area contributed by atoms with E-state index in [9.17, 15) is 0 Å². The van der Waals surface area contributed by atoms with E-state index in [0.717, 1.165) is 35.8 Å². The Morgan fingerprint density at radius 3 is 2.67 bits per heavy atom. The Balaban J connectivity index is 1.65. The lowest BCUT2D eigenvalue weighted by Gasteiger charge is -2.13. The lowest BCUT2D eigenvalue weighted by Crippen LogP contribution is -2.40. The van der Waals surface area contributed by atoms with Gasteiger partial charge in [-0.3, -0.25) is 4.99 Å². The minimum Gasteiger partial charge on any atom is -0.491 e. The zero-order valence-electron chi connectivity index (χ0n) is 14.1. The number of aliphatic imine (C=N–C) groups is 1. The topological polar surface area (TPSA) is 58.5 Å². The molecule has 2 rings (SSSR count). The van der Waals surface area contributed by atoms with Gasteiger partial charge in [0.15, 0.2) is 5.96 Å². The molecule has 0 unspecified atom stereocenters. The normalized spacial score (nSPS) is 11.2. The summed E-state index contributed by atoms with van der Waals surface area (Å²) in [5.74, 6) is 1.67. The number of pyridine rings is 1. The van der Waals surface area contributed by atoms with Gasteiger partial charge in [-0.15, -0.1) is 0 Å². The number of para-hydroxylation sites is 1. The molecule has 0 fully saturated rings. The Hall–Kier alpha value is -2.27. The Morgan fingerprint density at radius 1 is 1.17 bits per heavy atom. The van der Waals surface area contributed by atoms with Crippen molar-refractivity contribution in [2.45, 2.75) is 13.3 Å². The number of nitrogens with one attached hydrogen (secondary N) is 2. The molecule has 6 heteroatoms. The van der Waals surface area contributed by atoms with E-state index < -0.39 is 0 Å². The second-order valence-corrected chi connectivity index (χ2v) is 5.67. The van der Waals surface area contributed by atoms with Crippen LogP contribution < -0.4 is 15.4 Å². The molecule has 1 aromatic carbocycles. The van der Waals surface area contributed by atoms with Crippen molar-refractivity contribution in [1.29, 1.82) is 0 Å². The van der Waals surface area contributed by atoms with Crippen LogP contribution in [0.1, 0.15) is 11.1 Å². The quantitative estimate of drug-likeness (QED) is 0.350. The maximum Gasteiger partial charge on any atom is 0.191 e. The van der Waals surface area contributed by atoms with E-state index >= 15 is 0 Å². The van der Waals surface area contributed by atoms with Gasteiger partial charge in [0, 0.05) is 19.8 Å². The van der Waals surface area contributed by atoms with Crippen molar-refractivity contribution in [2.75, 3.05) is 26.7 Å². The van der Waals surface area contributed by atoms with Crippen LogP contribution in [0.5, 0.6) is 5.75 Å². The average molecular weight is 347 g/mol. The van der Waals surface area contributed by atoms with Gasteiger partial charge in [0.25, 0.3) is 0 Å². The molecular formula is C18H23ClN4O. The van der Waals surface area contributed by atoms with Gasteiger partial charge in [-0.1, -0.05) is 35.9 Å². The highest BCUT2D eigenvalue weighted by Gasteiger charge is 2.00. The van der Waals surface area contributed by atoms with Gasteiger partial charge < -0.3 is 15.4 Å². The molecule has 0 saturated heterocycles. The van der Waals surface area contributed by atoms with E-state index in [1.165, 1.54) is 0 Å². The lowest BCUT2D eigenvalue weighted by molar-refractivity contribution is 0.320. The predicted molar refractivity (Wildman–Crippen MR) is 99.0 cm³/mol. The van der Waals surface area contributed by atoms with E-state index in [1.54, 1.807) is 19.3 Å². The molecule has 0 radical (unpaired) electrons. The first-order valence-corrected chi connectivity index (χ1v) is 8.30. The van der Waals surface area contributed by atoms with Crippen LogP contribution in [-0.4, -0.2) is 37.7 Å². The lowest BCUT2D eigenvalue weighted by atomic mass is 10.2. The van der Waals surface area contributed by atoms with Crippen molar-refractivity contribution in [3.63, 3.8) is 0 Å². The minimum atomic E-state index is 0.512. The molecule has 5 nitrogen and oxygen atoms in total. The summed E-state index contributed by atoms with van der Waals surface area (Å²) in [5, 5.41) is 7.01. The third kappa shape index (κ3) is 6.08. The molecule has 0 spiro atoms. The zero-order valence-corrected chi connectivity index (χ0v) is 14.8. The summed E-state index contributed by atoms with van der Waals surface area (Å²) in [6, 6.07) is 11.8. The van der Waals surface area contributed by atoms with E-state index in [1.807, 2.05) is 37.3 Å². The van der Waals surface area contributed by atoms with Crippen molar-refractivity contribution >= 4 is 17.6 Å². The molecule has 0 aliphatic heterocycles. The van der Waals surface area contributed by atoms with E-state index in [4.69, 9.17) is 16.3 Å². The summed E-state index contributed by atoms with van der Waals surface area (Å²) in [6.07, 6.45) is 2.64. The van der Waals surface area contributed by atoms with Gasteiger partial charge in [-0.25, -0.2) is 4.98 Å². The van der Waals surface area contributed by atoms with Gasteiger partial charge in [0.2, 0.25) is 0 Å². The van der Waals surface area contributed by atoms with Crippen LogP contribution in [0, 0.1) is 6.92 Å². The molecule has 0 atom stereocenters. The molecule has 0 saturated carbocycles. The molecule has 0 bridgehead atoms. The summed E-state index contributed by atoms with van der Waals surface area (Å²) in [4.78, 5) is 8.27. The minimum absolute atomic E-state index is 0.512. The smallest absolute Gasteiger partial charge is 0.191 e. The highest BCUT2D eigenvalue weighted by Crippen LogP contribution is 2.15. The van der Waals surface area contributed by atoms with Crippen LogP contribution in [0.15, 0.2) is 47.6 Å². The Labute approximate surface area is 148 Å². The number of guanidine groups is 1. The highest BCUT2D eigenvalue weighted by atomic mass is 35.5. The fourth-order valence-corrected chi connectivity index (χ4v) is 2.26. The van der Waals surface area contributed by atoms with Crippen LogP contribution in [0.25, 0.3) is 0 Å². The average Bonchev–Trinajstić information content (AvgIpc) is 2.60. The van der Waals surface area contributed by atoms with Crippen LogP contribution in [0.4, 0.5) is 0 Å². The number of aryl methyl sites for hydroxylation is 1. The molecule has 0 amide bonds. The molecule has 1 heterocycles. The molecule has 128 valence electrons. The molecular weight excluding hydrogens is 324 g/mol. The fraction of sp³-hybridized carbons (Fsp3) is 0.333.